The summed E-state index contributed by atoms with van der Waals surface area (Å²) in [6.45, 7) is 2.07. The summed E-state index contributed by atoms with van der Waals surface area (Å²) in [6.07, 6.45) is 0.833. The van der Waals surface area contributed by atoms with Crippen LogP contribution in [0.2, 0.25) is 0 Å². The van der Waals surface area contributed by atoms with E-state index in [0.29, 0.717) is 5.56 Å². The first-order valence-electron chi connectivity index (χ1n) is 6.22. The molecule has 0 heterocycles. The van der Waals surface area contributed by atoms with E-state index in [9.17, 15) is 5.11 Å². The van der Waals surface area contributed by atoms with Gasteiger partial charge in [0.1, 0.15) is 11.8 Å². The predicted molar refractivity (Wildman–Crippen MR) is 76.1 cm³/mol. The number of nitriles is 1. The van der Waals surface area contributed by atoms with Gasteiger partial charge in [-0.15, -0.1) is 0 Å². The molecular formula is C16H16N2O. The number of phenols is 1. The van der Waals surface area contributed by atoms with Crippen molar-refractivity contribution in [3.63, 3.8) is 0 Å². The molecule has 3 heteroatoms. The molecule has 1 unspecified atom stereocenters. The van der Waals surface area contributed by atoms with Gasteiger partial charge in [-0.05, 0) is 43.2 Å². The zero-order chi connectivity index (χ0) is 13.7. The molecule has 0 saturated heterocycles. The second-order valence-electron chi connectivity index (χ2n) is 4.57. The van der Waals surface area contributed by atoms with E-state index < -0.39 is 0 Å². The van der Waals surface area contributed by atoms with E-state index in [4.69, 9.17) is 5.26 Å². The molecule has 3 nitrogen and oxygen atoms in total. The average molecular weight is 252 g/mol. The highest BCUT2D eigenvalue weighted by Crippen LogP contribution is 2.17. The van der Waals surface area contributed by atoms with Crippen LogP contribution in [0.1, 0.15) is 18.1 Å². The number of hydrogen-bond donors (Lipinski definition) is 2. The van der Waals surface area contributed by atoms with Crippen LogP contribution in [0.25, 0.3) is 0 Å². The van der Waals surface area contributed by atoms with E-state index in [1.807, 2.05) is 30.3 Å². The number of benzene rings is 2. The van der Waals surface area contributed by atoms with Crippen molar-refractivity contribution in [2.75, 3.05) is 5.32 Å². The molecule has 0 saturated carbocycles. The van der Waals surface area contributed by atoms with Gasteiger partial charge < -0.3 is 10.4 Å². The van der Waals surface area contributed by atoms with Crippen molar-refractivity contribution in [2.45, 2.75) is 19.4 Å². The first-order chi connectivity index (χ1) is 9.19. The summed E-state index contributed by atoms with van der Waals surface area (Å²) in [5.41, 5.74) is 2.66. The Labute approximate surface area is 113 Å². The zero-order valence-corrected chi connectivity index (χ0v) is 10.8. The first kappa shape index (κ1) is 13.0. The van der Waals surface area contributed by atoms with Crippen LogP contribution in [0.3, 0.4) is 0 Å². The SMILES string of the molecule is CC(Cc1ccc(O)cc1)Nc1ccccc1C#N. The molecular weight excluding hydrogens is 236 g/mol. The molecule has 19 heavy (non-hydrogen) atoms. The van der Waals surface area contributed by atoms with Gasteiger partial charge >= 0.3 is 0 Å². The minimum atomic E-state index is 0.207. The van der Waals surface area contributed by atoms with E-state index in [2.05, 4.69) is 18.3 Å². The van der Waals surface area contributed by atoms with Crippen LogP contribution in [-0.4, -0.2) is 11.1 Å². The van der Waals surface area contributed by atoms with Crippen molar-refractivity contribution >= 4 is 5.69 Å². The van der Waals surface area contributed by atoms with Gasteiger partial charge in [0.05, 0.1) is 11.3 Å². The van der Waals surface area contributed by atoms with Gasteiger partial charge in [-0.25, -0.2) is 0 Å². The number of anilines is 1. The molecule has 2 aromatic rings. The van der Waals surface area contributed by atoms with Crippen LogP contribution in [0.4, 0.5) is 5.69 Å². The number of hydrogen-bond acceptors (Lipinski definition) is 3. The van der Waals surface area contributed by atoms with Gasteiger partial charge in [0, 0.05) is 6.04 Å². The molecule has 96 valence electrons. The van der Waals surface area contributed by atoms with Crippen LogP contribution in [-0.2, 0) is 6.42 Å². The maximum Gasteiger partial charge on any atom is 0.115 e. The van der Waals surface area contributed by atoms with Crippen LogP contribution in [0.5, 0.6) is 5.75 Å². The Morgan fingerprint density at radius 3 is 2.53 bits per heavy atom. The number of aromatic hydroxyl groups is 1. The predicted octanol–water partition coefficient (Wildman–Crippen LogP) is 3.31. The Morgan fingerprint density at radius 1 is 1.16 bits per heavy atom. The number of phenolic OH excluding ortho intramolecular Hbond substituents is 1. The Bertz CT molecular complexity index is 584. The van der Waals surface area contributed by atoms with Crippen LogP contribution in [0, 0.1) is 11.3 Å². The lowest BCUT2D eigenvalue weighted by atomic mass is 10.1. The molecule has 0 radical (unpaired) electrons. The van der Waals surface area contributed by atoms with E-state index in [1.54, 1.807) is 18.2 Å². The quantitative estimate of drug-likeness (QED) is 0.877. The van der Waals surface area contributed by atoms with E-state index >= 15 is 0 Å². The highest BCUT2D eigenvalue weighted by atomic mass is 16.3. The third-order valence-electron chi connectivity index (χ3n) is 2.93. The summed E-state index contributed by atoms with van der Waals surface area (Å²) in [4.78, 5) is 0. The lowest BCUT2D eigenvalue weighted by Crippen LogP contribution is -2.18. The molecule has 0 aliphatic carbocycles. The van der Waals surface area contributed by atoms with Gasteiger partial charge in [0.25, 0.3) is 0 Å². The number of rotatable bonds is 4. The standard InChI is InChI=1S/C16H16N2O/c1-12(10-13-6-8-15(19)9-7-13)18-16-5-3-2-4-14(16)11-17/h2-9,12,18-19H,10H2,1H3. The molecule has 0 fully saturated rings. The Balaban J connectivity index is 2.03. The summed E-state index contributed by atoms with van der Waals surface area (Å²) in [7, 11) is 0. The number of para-hydroxylation sites is 1. The van der Waals surface area contributed by atoms with Crippen molar-refractivity contribution in [2.24, 2.45) is 0 Å². The molecule has 0 aromatic heterocycles. The minimum Gasteiger partial charge on any atom is -0.508 e. The summed E-state index contributed by atoms with van der Waals surface area (Å²) in [5.74, 6) is 0.277. The smallest absolute Gasteiger partial charge is 0.115 e. The minimum absolute atomic E-state index is 0.207. The Kier molecular flexibility index (Phi) is 4.04. The summed E-state index contributed by atoms with van der Waals surface area (Å²) in [6, 6.07) is 17.0. The maximum absolute atomic E-state index is 9.24. The second-order valence-corrected chi connectivity index (χ2v) is 4.57. The number of nitrogens with one attached hydrogen (secondary N) is 1. The molecule has 0 aliphatic rings. The van der Waals surface area contributed by atoms with Crippen molar-refractivity contribution in [1.29, 1.82) is 5.26 Å². The second kappa shape index (κ2) is 5.92. The van der Waals surface area contributed by atoms with Crippen molar-refractivity contribution in [1.82, 2.24) is 0 Å². The largest absolute Gasteiger partial charge is 0.508 e. The molecule has 2 aromatic carbocycles. The van der Waals surface area contributed by atoms with Gasteiger partial charge in [-0.3, -0.25) is 0 Å². The summed E-state index contributed by atoms with van der Waals surface area (Å²) in [5, 5.41) is 21.6. The lowest BCUT2D eigenvalue weighted by molar-refractivity contribution is 0.475. The number of nitrogens with zero attached hydrogens (tertiary/aromatic N) is 1. The fourth-order valence-corrected chi connectivity index (χ4v) is 2.01. The molecule has 2 N–H and O–H groups in total. The van der Waals surface area contributed by atoms with Crippen LogP contribution >= 0.6 is 0 Å². The maximum atomic E-state index is 9.24. The molecule has 2 rings (SSSR count). The van der Waals surface area contributed by atoms with Crippen molar-refractivity contribution in [3.05, 3.63) is 59.7 Å². The van der Waals surface area contributed by atoms with Gasteiger partial charge in [-0.2, -0.15) is 5.26 Å². The normalized spacial score (nSPS) is 11.6. The van der Waals surface area contributed by atoms with Crippen LogP contribution in [0.15, 0.2) is 48.5 Å². The van der Waals surface area contributed by atoms with Crippen molar-refractivity contribution in [3.8, 4) is 11.8 Å². The third kappa shape index (κ3) is 3.49. The van der Waals surface area contributed by atoms with E-state index in [1.165, 1.54) is 0 Å². The molecule has 1 atom stereocenters. The lowest BCUT2D eigenvalue weighted by Gasteiger charge is -2.16. The van der Waals surface area contributed by atoms with E-state index in [-0.39, 0.29) is 11.8 Å². The molecule has 0 amide bonds. The Morgan fingerprint density at radius 2 is 1.84 bits per heavy atom. The third-order valence-corrected chi connectivity index (χ3v) is 2.93. The summed E-state index contributed by atoms with van der Waals surface area (Å²) < 4.78 is 0. The molecule has 0 spiro atoms. The summed E-state index contributed by atoms with van der Waals surface area (Å²) >= 11 is 0. The topological polar surface area (TPSA) is 56.0 Å². The van der Waals surface area contributed by atoms with Gasteiger partial charge in [0.15, 0.2) is 0 Å². The highest BCUT2D eigenvalue weighted by Gasteiger charge is 2.06. The fourth-order valence-electron chi connectivity index (χ4n) is 2.01. The van der Waals surface area contributed by atoms with Crippen molar-refractivity contribution < 1.29 is 5.11 Å². The first-order valence-corrected chi connectivity index (χ1v) is 6.22. The monoisotopic (exact) mass is 252 g/mol. The van der Waals surface area contributed by atoms with E-state index in [0.717, 1.165) is 17.7 Å². The van der Waals surface area contributed by atoms with Gasteiger partial charge in [0.2, 0.25) is 0 Å². The Hall–Kier alpha value is -2.47. The average Bonchev–Trinajstić information content (AvgIpc) is 2.42. The molecule has 0 aliphatic heterocycles. The zero-order valence-electron chi connectivity index (χ0n) is 10.8. The highest BCUT2D eigenvalue weighted by molar-refractivity contribution is 5.57. The molecule has 0 bridgehead atoms. The fraction of sp³-hybridized carbons (Fsp3) is 0.188. The van der Waals surface area contributed by atoms with Crippen LogP contribution < -0.4 is 5.32 Å². The van der Waals surface area contributed by atoms with Gasteiger partial charge in [-0.1, -0.05) is 24.3 Å².